The molecule has 22 heavy (non-hydrogen) atoms. The molecule has 0 heterocycles. The number of hydrogen-bond donors (Lipinski definition) is 3. The Morgan fingerprint density at radius 1 is 1.27 bits per heavy atom. The van der Waals surface area contributed by atoms with Gasteiger partial charge in [0.15, 0.2) is 0 Å². The summed E-state index contributed by atoms with van der Waals surface area (Å²) in [6.07, 6.45) is 3.77. The Hall–Kier alpha value is -0.850. The molecule has 2 aliphatic rings. The summed E-state index contributed by atoms with van der Waals surface area (Å²) in [5, 5.41) is 6.59. The van der Waals surface area contributed by atoms with Gasteiger partial charge in [-0.15, -0.1) is 0 Å². The number of carbonyl (C=O) groups is 1. The fraction of sp³-hybridized carbons (Fsp3) is 0.938. The Morgan fingerprint density at radius 2 is 2.00 bits per heavy atom. The van der Waals surface area contributed by atoms with Gasteiger partial charge >= 0.3 is 6.09 Å². The van der Waals surface area contributed by atoms with Crippen LogP contribution in [0.15, 0.2) is 0 Å². The second-order valence-corrected chi connectivity index (χ2v) is 7.44. The Labute approximate surface area is 133 Å². The number of carbonyl (C=O) groups excluding carboxylic acids is 1. The Morgan fingerprint density at radius 3 is 2.55 bits per heavy atom. The Kier molecular flexibility index (Phi) is 5.69. The Bertz CT molecular complexity index is 383. The van der Waals surface area contributed by atoms with E-state index in [1.54, 1.807) is 0 Å². The van der Waals surface area contributed by atoms with Crippen molar-refractivity contribution in [2.75, 3.05) is 6.61 Å². The maximum absolute atomic E-state index is 11.9. The lowest BCUT2D eigenvalue weighted by Crippen LogP contribution is -2.67. The van der Waals surface area contributed by atoms with E-state index in [0.717, 1.165) is 25.7 Å². The summed E-state index contributed by atoms with van der Waals surface area (Å²) in [5.74, 6) is 0. The van der Waals surface area contributed by atoms with Crippen LogP contribution >= 0.6 is 0 Å². The first-order chi connectivity index (χ1) is 10.3. The van der Waals surface area contributed by atoms with Crippen LogP contribution in [0.25, 0.3) is 0 Å². The number of nitrogens with two attached hydrogens (primary N) is 1. The molecule has 2 aliphatic carbocycles. The van der Waals surface area contributed by atoms with E-state index in [0.29, 0.717) is 18.7 Å². The summed E-state index contributed by atoms with van der Waals surface area (Å²) in [4.78, 5) is 11.9. The van der Waals surface area contributed by atoms with Crippen LogP contribution in [0.3, 0.4) is 0 Å². The SMILES string of the molecule is CCOC1CC(NC(=O)OC(C)(C)C)C1NC1CCC(N)C1. The average Bonchev–Trinajstić information content (AvgIpc) is 2.78. The molecular weight excluding hydrogens is 282 g/mol. The van der Waals surface area contributed by atoms with Crippen molar-refractivity contribution in [2.45, 2.75) is 89.3 Å². The highest BCUT2D eigenvalue weighted by molar-refractivity contribution is 5.68. The molecule has 6 nitrogen and oxygen atoms in total. The summed E-state index contributed by atoms with van der Waals surface area (Å²) in [6.45, 7) is 8.29. The molecular formula is C16H31N3O3. The highest BCUT2D eigenvalue weighted by Gasteiger charge is 2.44. The molecule has 6 heteroatoms. The van der Waals surface area contributed by atoms with Crippen LogP contribution < -0.4 is 16.4 Å². The number of rotatable bonds is 5. The minimum Gasteiger partial charge on any atom is -0.444 e. The molecule has 2 rings (SSSR count). The van der Waals surface area contributed by atoms with Gasteiger partial charge in [-0.2, -0.15) is 0 Å². The van der Waals surface area contributed by atoms with E-state index in [2.05, 4.69) is 10.6 Å². The fourth-order valence-electron chi connectivity index (χ4n) is 3.26. The standard InChI is InChI=1S/C16H31N3O3/c1-5-21-13-9-12(19-15(20)22-16(2,3)4)14(13)18-11-7-6-10(17)8-11/h10-14,18H,5-9,17H2,1-4H3,(H,19,20). The molecule has 0 spiro atoms. The zero-order valence-corrected chi connectivity index (χ0v) is 14.2. The second kappa shape index (κ2) is 7.15. The molecule has 5 unspecified atom stereocenters. The van der Waals surface area contributed by atoms with Crippen LogP contribution in [0, 0.1) is 0 Å². The van der Waals surface area contributed by atoms with Gasteiger partial charge in [-0.25, -0.2) is 4.79 Å². The predicted molar refractivity (Wildman–Crippen MR) is 85.7 cm³/mol. The van der Waals surface area contributed by atoms with E-state index in [4.69, 9.17) is 15.2 Å². The molecule has 0 saturated heterocycles. The first-order valence-corrected chi connectivity index (χ1v) is 8.41. The highest BCUT2D eigenvalue weighted by atomic mass is 16.6. The number of amides is 1. The minimum absolute atomic E-state index is 0.0585. The summed E-state index contributed by atoms with van der Waals surface area (Å²) in [6, 6.07) is 0.914. The minimum atomic E-state index is -0.478. The largest absolute Gasteiger partial charge is 0.444 e. The molecule has 0 aromatic carbocycles. The lowest BCUT2D eigenvalue weighted by atomic mass is 9.82. The number of ether oxygens (including phenoxy) is 2. The third-order valence-electron chi connectivity index (χ3n) is 4.30. The van der Waals surface area contributed by atoms with Gasteiger partial charge in [0.1, 0.15) is 5.60 Å². The van der Waals surface area contributed by atoms with Crippen LogP contribution in [-0.4, -0.2) is 48.6 Å². The molecule has 0 bridgehead atoms. The van der Waals surface area contributed by atoms with Gasteiger partial charge in [0.05, 0.1) is 18.2 Å². The van der Waals surface area contributed by atoms with Crippen molar-refractivity contribution in [1.82, 2.24) is 10.6 Å². The van der Waals surface area contributed by atoms with Crippen LogP contribution in [0.5, 0.6) is 0 Å². The van der Waals surface area contributed by atoms with E-state index in [9.17, 15) is 4.79 Å². The van der Waals surface area contributed by atoms with Crippen molar-refractivity contribution < 1.29 is 14.3 Å². The normalized spacial score (nSPS) is 35.0. The topological polar surface area (TPSA) is 85.6 Å². The smallest absolute Gasteiger partial charge is 0.407 e. The summed E-state index contributed by atoms with van der Waals surface area (Å²) >= 11 is 0. The van der Waals surface area contributed by atoms with Crippen LogP contribution in [0.4, 0.5) is 4.79 Å². The predicted octanol–water partition coefficient (Wildman–Crippen LogP) is 1.53. The molecule has 0 aromatic rings. The van der Waals surface area contributed by atoms with Crippen LogP contribution in [-0.2, 0) is 9.47 Å². The van der Waals surface area contributed by atoms with E-state index in [1.807, 2.05) is 27.7 Å². The zero-order valence-electron chi connectivity index (χ0n) is 14.2. The molecule has 4 N–H and O–H groups in total. The lowest BCUT2D eigenvalue weighted by Gasteiger charge is -2.46. The molecule has 2 fully saturated rings. The quantitative estimate of drug-likeness (QED) is 0.716. The van der Waals surface area contributed by atoms with Gasteiger partial charge in [0.2, 0.25) is 0 Å². The maximum Gasteiger partial charge on any atom is 0.407 e. The van der Waals surface area contributed by atoms with E-state index < -0.39 is 5.60 Å². The molecule has 1 amide bonds. The maximum atomic E-state index is 11.9. The van der Waals surface area contributed by atoms with Crippen LogP contribution in [0.1, 0.15) is 53.4 Å². The molecule has 2 saturated carbocycles. The van der Waals surface area contributed by atoms with Gasteiger partial charge in [0.25, 0.3) is 0 Å². The fourth-order valence-corrected chi connectivity index (χ4v) is 3.26. The van der Waals surface area contributed by atoms with Crippen molar-refractivity contribution in [2.24, 2.45) is 5.73 Å². The summed E-state index contributed by atoms with van der Waals surface area (Å²) < 4.78 is 11.1. The van der Waals surface area contributed by atoms with Gasteiger partial charge < -0.3 is 25.8 Å². The van der Waals surface area contributed by atoms with E-state index >= 15 is 0 Å². The molecule has 0 aliphatic heterocycles. The molecule has 128 valence electrons. The molecule has 0 radical (unpaired) electrons. The van der Waals surface area contributed by atoms with Crippen molar-refractivity contribution >= 4 is 6.09 Å². The molecule has 5 atom stereocenters. The van der Waals surface area contributed by atoms with Gasteiger partial charge in [-0.05, 0) is 53.4 Å². The van der Waals surface area contributed by atoms with Gasteiger partial charge in [0, 0.05) is 18.7 Å². The first-order valence-electron chi connectivity index (χ1n) is 8.41. The lowest BCUT2D eigenvalue weighted by molar-refractivity contribution is -0.0464. The third kappa shape index (κ3) is 4.83. The Balaban J connectivity index is 1.85. The monoisotopic (exact) mass is 313 g/mol. The van der Waals surface area contributed by atoms with Crippen molar-refractivity contribution in [3.63, 3.8) is 0 Å². The summed E-state index contributed by atoms with van der Waals surface area (Å²) in [7, 11) is 0. The van der Waals surface area contributed by atoms with Crippen LogP contribution in [0.2, 0.25) is 0 Å². The third-order valence-corrected chi connectivity index (χ3v) is 4.30. The highest BCUT2D eigenvalue weighted by Crippen LogP contribution is 2.28. The van der Waals surface area contributed by atoms with Gasteiger partial charge in [-0.3, -0.25) is 0 Å². The molecule has 0 aromatic heterocycles. The van der Waals surface area contributed by atoms with Crippen molar-refractivity contribution in [3.05, 3.63) is 0 Å². The number of hydrogen-bond acceptors (Lipinski definition) is 5. The summed E-state index contributed by atoms with van der Waals surface area (Å²) in [5.41, 5.74) is 5.50. The zero-order chi connectivity index (χ0) is 16.3. The number of nitrogens with one attached hydrogen (secondary N) is 2. The van der Waals surface area contributed by atoms with Crippen molar-refractivity contribution in [1.29, 1.82) is 0 Å². The average molecular weight is 313 g/mol. The van der Waals surface area contributed by atoms with E-state index in [1.165, 1.54) is 0 Å². The second-order valence-electron chi connectivity index (χ2n) is 7.44. The number of alkyl carbamates (subject to hydrolysis) is 1. The van der Waals surface area contributed by atoms with E-state index in [-0.39, 0.29) is 24.3 Å². The van der Waals surface area contributed by atoms with Gasteiger partial charge in [-0.1, -0.05) is 0 Å². The first kappa shape index (κ1) is 17.5. The van der Waals surface area contributed by atoms with Crippen molar-refractivity contribution in [3.8, 4) is 0 Å².